The minimum atomic E-state index is -4.57. The summed E-state index contributed by atoms with van der Waals surface area (Å²) in [6.45, 7) is 0. The van der Waals surface area contributed by atoms with Crippen molar-refractivity contribution >= 4 is 11.2 Å². The van der Waals surface area contributed by atoms with E-state index in [0.717, 1.165) is 6.07 Å². The molecule has 3 aromatic rings. The lowest BCUT2D eigenvalue weighted by molar-refractivity contribution is -0.136. The van der Waals surface area contributed by atoms with E-state index in [2.05, 4.69) is 15.0 Å². The van der Waals surface area contributed by atoms with Crippen LogP contribution >= 0.6 is 0 Å². The Labute approximate surface area is 110 Å². The second kappa shape index (κ2) is 4.22. The minimum Gasteiger partial charge on any atom is -0.304 e. The third-order valence-electron chi connectivity index (χ3n) is 2.86. The first-order chi connectivity index (χ1) is 9.45. The molecule has 4 nitrogen and oxygen atoms in total. The molecule has 0 aliphatic carbocycles. The fourth-order valence-electron chi connectivity index (χ4n) is 1.99. The maximum Gasteiger partial charge on any atom is 0.418 e. The van der Waals surface area contributed by atoms with E-state index in [1.807, 2.05) is 0 Å². The Bertz CT molecular complexity index is 818. The summed E-state index contributed by atoms with van der Waals surface area (Å²) in [4.78, 5) is 19.6. The molecule has 0 saturated heterocycles. The highest BCUT2D eigenvalue weighted by molar-refractivity contribution is 5.79. The van der Waals surface area contributed by atoms with Crippen LogP contribution in [0.3, 0.4) is 0 Å². The lowest BCUT2D eigenvalue weighted by Crippen LogP contribution is -2.07. The summed E-state index contributed by atoms with van der Waals surface area (Å²) in [6.07, 6.45) is -4.57. The van der Waals surface area contributed by atoms with E-state index >= 15 is 0 Å². The number of nitrogens with one attached hydrogen (secondary N) is 2. The SMILES string of the molecule is O=c1[nH]c2nc(-c3ccccc3)cc(C(F)(F)F)c2[nH]1. The van der Waals surface area contributed by atoms with E-state index in [9.17, 15) is 18.0 Å². The molecule has 0 saturated carbocycles. The maximum absolute atomic E-state index is 13.1. The van der Waals surface area contributed by atoms with Gasteiger partial charge in [-0.3, -0.25) is 4.98 Å². The maximum atomic E-state index is 13.1. The zero-order chi connectivity index (χ0) is 14.3. The van der Waals surface area contributed by atoms with Crippen molar-refractivity contribution in [2.75, 3.05) is 0 Å². The molecule has 102 valence electrons. The van der Waals surface area contributed by atoms with Crippen LogP contribution in [0.4, 0.5) is 13.2 Å². The zero-order valence-corrected chi connectivity index (χ0v) is 9.95. The standard InChI is InChI=1S/C13H8F3N3O/c14-13(15,16)8-6-9(7-4-2-1-3-5-7)17-11-10(8)18-12(20)19-11/h1-6H,(H2,17,18,19,20). The van der Waals surface area contributed by atoms with E-state index in [-0.39, 0.29) is 16.9 Å². The van der Waals surface area contributed by atoms with Crippen LogP contribution in [-0.2, 0) is 6.18 Å². The van der Waals surface area contributed by atoms with Crippen LogP contribution < -0.4 is 5.69 Å². The molecule has 0 fully saturated rings. The van der Waals surface area contributed by atoms with Gasteiger partial charge in [0.25, 0.3) is 0 Å². The van der Waals surface area contributed by atoms with E-state index < -0.39 is 17.4 Å². The summed E-state index contributed by atoms with van der Waals surface area (Å²) >= 11 is 0. The van der Waals surface area contributed by atoms with Crippen LogP contribution in [0.1, 0.15) is 5.56 Å². The molecule has 7 heteroatoms. The number of rotatable bonds is 1. The summed E-state index contributed by atoms with van der Waals surface area (Å²) < 4.78 is 39.2. The number of hydrogen-bond acceptors (Lipinski definition) is 2. The summed E-state index contributed by atoms with van der Waals surface area (Å²) in [5, 5.41) is 0. The Morgan fingerprint density at radius 3 is 2.40 bits per heavy atom. The Balaban J connectivity index is 2.34. The zero-order valence-electron chi connectivity index (χ0n) is 9.95. The predicted molar refractivity (Wildman–Crippen MR) is 67.2 cm³/mol. The number of pyridine rings is 1. The van der Waals surface area contributed by atoms with Gasteiger partial charge in [0.1, 0.15) is 0 Å². The van der Waals surface area contributed by atoms with Crippen molar-refractivity contribution < 1.29 is 13.2 Å². The number of hydrogen-bond donors (Lipinski definition) is 2. The van der Waals surface area contributed by atoms with Crippen molar-refractivity contribution in [3.8, 4) is 11.3 Å². The molecule has 1 aromatic carbocycles. The quantitative estimate of drug-likeness (QED) is 0.719. The molecule has 3 rings (SSSR count). The highest BCUT2D eigenvalue weighted by Crippen LogP contribution is 2.35. The molecular weight excluding hydrogens is 271 g/mol. The first-order valence-electron chi connectivity index (χ1n) is 5.71. The number of imidazole rings is 1. The van der Waals surface area contributed by atoms with Crippen LogP contribution in [0.25, 0.3) is 22.4 Å². The first kappa shape index (κ1) is 12.5. The van der Waals surface area contributed by atoms with Gasteiger partial charge in [-0.1, -0.05) is 30.3 Å². The molecular formula is C13H8F3N3O. The summed E-state index contributed by atoms with van der Waals surface area (Å²) in [7, 11) is 0. The van der Waals surface area contributed by atoms with Crippen molar-refractivity contribution in [2.24, 2.45) is 0 Å². The predicted octanol–water partition coefficient (Wildman–Crippen LogP) is 2.94. The van der Waals surface area contributed by atoms with E-state index in [4.69, 9.17) is 0 Å². The molecule has 2 aromatic heterocycles. The molecule has 0 radical (unpaired) electrons. The molecule has 2 heterocycles. The molecule has 0 atom stereocenters. The fourth-order valence-corrected chi connectivity index (χ4v) is 1.99. The van der Waals surface area contributed by atoms with Crippen molar-refractivity contribution in [3.05, 3.63) is 52.4 Å². The summed E-state index contributed by atoms with van der Waals surface area (Å²) in [5.74, 6) is 0. The van der Waals surface area contributed by atoms with Crippen molar-refractivity contribution in [1.82, 2.24) is 15.0 Å². The molecule has 0 aliphatic heterocycles. The number of aromatic amines is 2. The van der Waals surface area contributed by atoms with E-state index in [0.29, 0.717) is 5.56 Å². The fraction of sp³-hybridized carbons (Fsp3) is 0.0769. The Kier molecular flexibility index (Phi) is 2.63. The Morgan fingerprint density at radius 1 is 1.05 bits per heavy atom. The largest absolute Gasteiger partial charge is 0.418 e. The normalized spacial score (nSPS) is 11.9. The molecule has 0 aliphatic rings. The van der Waals surface area contributed by atoms with E-state index in [1.165, 1.54) is 0 Å². The van der Waals surface area contributed by atoms with Gasteiger partial charge in [0.05, 0.1) is 16.8 Å². The highest BCUT2D eigenvalue weighted by Gasteiger charge is 2.34. The van der Waals surface area contributed by atoms with Crippen molar-refractivity contribution in [2.45, 2.75) is 6.18 Å². The van der Waals surface area contributed by atoms with Crippen LogP contribution in [0.2, 0.25) is 0 Å². The lowest BCUT2D eigenvalue weighted by Gasteiger charge is -2.09. The van der Waals surface area contributed by atoms with E-state index in [1.54, 1.807) is 30.3 Å². The van der Waals surface area contributed by atoms with Crippen LogP contribution in [0.15, 0.2) is 41.2 Å². The van der Waals surface area contributed by atoms with Gasteiger partial charge in [0.2, 0.25) is 0 Å². The summed E-state index contributed by atoms with van der Waals surface area (Å²) in [6, 6.07) is 9.40. The molecule has 20 heavy (non-hydrogen) atoms. The minimum absolute atomic E-state index is 0.108. The monoisotopic (exact) mass is 279 g/mol. The second-order valence-electron chi connectivity index (χ2n) is 4.22. The number of alkyl halides is 3. The lowest BCUT2D eigenvalue weighted by atomic mass is 10.1. The van der Waals surface area contributed by atoms with Crippen LogP contribution in [0, 0.1) is 0 Å². The topological polar surface area (TPSA) is 61.5 Å². The van der Waals surface area contributed by atoms with Gasteiger partial charge >= 0.3 is 11.9 Å². The van der Waals surface area contributed by atoms with Gasteiger partial charge in [-0.05, 0) is 6.07 Å². The van der Waals surface area contributed by atoms with Gasteiger partial charge in [-0.15, -0.1) is 0 Å². The highest BCUT2D eigenvalue weighted by atomic mass is 19.4. The first-order valence-corrected chi connectivity index (χ1v) is 5.71. The van der Waals surface area contributed by atoms with Crippen molar-refractivity contribution in [3.63, 3.8) is 0 Å². The van der Waals surface area contributed by atoms with Gasteiger partial charge in [0, 0.05) is 5.56 Å². The average molecular weight is 279 g/mol. The summed E-state index contributed by atoms with van der Waals surface area (Å²) in [5.41, 5.74) is -1.38. The number of aromatic nitrogens is 3. The van der Waals surface area contributed by atoms with Crippen LogP contribution in [-0.4, -0.2) is 15.0 Å². The van der Waals surface area contributed by atoms with Crippen LogP contribution in [0.5, 0.6) is 0 Å². The van der Waals surface area contributed by atoms with Crippen molar-refractivity contribution in [1.29, 1.82) is 0 Å². The number of fused-ring (bicyclic) bond motifs is 1. The number of benzene rings is 1. The molecule has 0 unspecified atom stereocenters. The molecule has 0 spiro atoms. The third-order valence-corrected chi connectivity index (χ3v) is 2.86. The Morgan fingerprint density at radius 2 is 1.75 bits per heavy atom. The number of nitrogens with zero attached hydrogens (tertiary/aromatic N) is 1. The number of halogens is 3. The van der Waals surface area contributed by atoms with Gasteiger partial charge in [-0.25, -0.2) is 9.78 Å². The Hall–Kier alpha value is -2.57. The molecule has 0 amide bonds. The van der Waals surface area contributed by atoms with Gasteiger partial charge < -0.3 is 4.98 Å². The molecule has 0 bridgehead atoms. The smallest absolute Gasteiger partial charge is 0.304 e. The van der Waals surface area contributed by atoms with Gasteiger partial charge in [-0.2, -0.15) is 13.2 Å². The van der Waals surface area contributed by atoms with Gasteiger partial charge in [0.15, 0.2) is 5.65 Å². The molecule has 2 N–H and O–H groups in total. The average Bonchev–Trinajstić information content (AvgIpc) is 2.77. The third kappa shape index (κ3) is 2.07. The number of H-pyrrole nitrogens is 2. The second-order valence-corrected chi connectivity index (χ2v) is 4.22.